The Kier molecular flexibility index (Phi) is 6.66. The van der Waals surface area contributed by atoms with Crippen LogP contribution in [0.25, 0.3) is 0 Å². The molecular formula is C17H31N3. The second-order valence-electron chi connectivity index (χ2n) is 5.80. The maximum atomic E-state index is 5.88. The molecule has 0 saturated heterocycles. The molecule has 20 heavy (non-hydrogen) atoms. The number of hydrogen-bond acceptors (Lipinski definition) is 3. The van der Waals surface area contributed by atoms with Gasteiger partial charge in [0.1, 0.15) is 0 Å². The first kappa shape index (κ1) is 17.2. The van der Waals surface area contributed by atoms with E-state index in [9.17, 15) is 0 Å². The standard InChI is InChI=1S/C17H31N3/c1-6-14-9-11-15(12-10-14)13-16(19-18)17(7-2,8-3)20(4)5/h9-12,16,19H,6-8,13,18H2,1-5H3. The Morgan fingerprint density at radius 3 is 1.90 bits per heavy atom. The van der Waals surface area contributed by atoms with Gasteiger partial charge in [-0.1, -0.05) is 45.0 Å². The molecule has 1 aromatic carbocycles. The van der Waals surface area contributed by atoms with Crippen molar-refractivity contribution in [1.82, 2.24) is 10.3 Å². The summed E-state index contributed by atoms with van der Waals surface area (Å²) in [4.78, 5) is 2.32. The van der Waals surface area contributed by atoms with Gasteiger partial charge in [0.25, 0.3) is 0 Å². The van der Waals surface area contributed by atoms with Crippen LogP contribution in [-0.2, 0) is 12.8 Å². The molecule has 1 rings (SSSR count). The highest BCUT2D eigenvalue weighted by molar-refractivity contribution is 5.24. The van der Waals surface area contributed by atoms with Gasteiger partial charge in [-0.2, -0.15) is 0 Å². The van der Waals surface area contributed by atoms with Crippen LogP contribution in [0.15, 0.2) is 24.3 Å². The van der Waals surface area contributed by atoms with Gasteiger partial charge < -0.3 is 4.90 Å². The first-order chi connectivity index (χ1) is 9.53. The van der Waals surface area contributed by atoms with Crippen LogP contribution in [0.4, 0.5) is 0 Å². The van der Waals surface area contributed by atoms with Crippen LogP contribution in [0.5, 0.6) is 0 Å². The monoisotopic (exact) mass is 277 g/mol. The van der Waals surface area contributed by atoms with Crippen LogP contribution in [-0.4, -0.2) is 30.6 Å². The van der Waals surface area contributed by atoms with E-state index >= 15 is 0 Å². The van der Waals surface area contributed by atoms with Crippen molar-refractivity contribution in [2.24, 2.45) is 5.84 Å². The Labute approximate surface area is 124 Å². The summed E-state index contributed by atoms with van der Waals surface area (Å²) in [5.41, 5.74) is 5.89. The number of likely N-dealkylation sites (N-methyl/N-ethyl adjacent to an activating group) is 1. The van der Waals surface area contributed by atoms with E-state index in [1.165, 1.54) is 11.1 Å². The molecule has 0 amide bonds. The Balaban J connectivity index is 2.93. The topological polar surface area (TPSA) is 41.3 Å². The SMILES string of the molecule is CCc1ccc(CC(NN)C(CC)(CC)N(C)C)cc1. The molecule has 3 heteroatoms. The predicted molar refractivity (Wildman–Crippen MR) is 87.6 cm³/mol. The minimum absolute atomic E-state index is 0.0954. The number of hydrogen-bond donors (Lipinski definition) is 2. The molecule has 0 aliphatic carbocycles. The molecule has 0 saturated carbocycles. The van der Waals surface area contributed by atoms with Crippen LogP contribution >= 0.6 is 0 Å². The lowest BCUT2D eigenvalue weighted by Gasteiger charge is -2.45. The van der Waals surface area contributed by atoms with E-state index in [2.05, 4.69) is 69.5 Å². The summed E-state index contributed by atoms with van der Waals surface area (Å²) in [6, 6.07) is 9.15. The van der Waals surface area contributed by atoms with Crippen molar-refractivity contribution in [1.29, 1.82) is 0 Å². The largest absolute Gasteiger partial charge is 0.302 e. The van der Waals surface area contributed by atoms with Crippen molar-refractivity contribution in [3.05, 3.63) is 35.4 Å². The zero-order valence-electron chi connectivity index (χ0n) is 13.7. The summed E-state index contributed by atoms with van der Waals surface area (Å²) in [7, 11) is 4.30. The number of nitrogens with zero attached hydrogens (tertiary/aromatic N) is 1. The van der Waals surface area contributed by atoms with Crippen LogP contribution in [0.3, 0.4) is 0 Å². The summed E-state index contributed by atoms with van der Waals surface area (Å²) in [5.74, 6) is 5.88. The lowest BCUT2D eigenvalue weighted by molar-refractivity contribution is 0.0882. The van der Waals surface area contributed by atoms with Crippen molar-refractivity contribution in [2.45, 2.75) is 58.0 Å². The third kappa shape index (κ3) is 3.60. The summed E-state index contributed by atoms with van der Waals surface area (Å²) in [5, 5.41) is 0. The molecule has 0 fully saturated rings. The summed E-state index contributed by atoms with van der Waals surface area (Å²) >= 11 is 0. The highest BCUT2D eigenvalue weighted by atomic mass is 15.3. The third-order valence-electron chi connectivity index (χ3n) is 4.84. The minimum Gasteiger partial charge on any atom is -0.302 e. The van der Waals surface area contributed by atoms with E-state index in [0.29, 0.717) is 0 Å². The van der Waals surface area contributed by atoms with Gasteiger partial charge in [0, 0.05) is 11.6 Å². The maximum absolute atomic E-state index is 5.88. The van der Waals surface area contributed by atoms with Crippen LogP contribution in [0.2, 0.25) is 0 Å². The number of aryl methyl sites for hydroxylation is 1. The van der Waals surface area contributed by atoms with Crippen molar-refractivity contribution >= 4 is 0 Å². The second-order valence-corrected chi connectivity index (χ2v) is 5.80. The van der Waals surface area contributed by atoms with E-state index < -0.39 is 0 Å². The molecule has 0 bridgehead atoms. The number of hydrazine groups is 1. The van der Waals surface area contributed by atoms with Gasteiger partial charge in [0.05, 0.1) is 0 Å². The van der Waals surface area contributed by atoms with E-state index in [-0.39, 0.29) is 11.6 Å². The Hall–Kier alpha value is -0.900. The van der Waals surface area contributed by atoms with E-state index in [1.54, 1.807) is 0 Å². The van der Waals surface area contributed by atoms with Gasteiger partial charge >= 0.3 is 0 Å². The Morgan fingerprint density at radius 2 is 1.55 bits per heavy atom. The number of nitrogens with two attached hydrogens (primary N) is 1. The molecule has 0 aliphatic heterocycles. The zero-order valence-corrected chi connectivity index (χ0v) is 13.7. The predicted octanol–water partition coefficient (Wildman–Crippen LogP) is 2.74. The molecule has 114 valence electrons. The van der Waals surface area contributed by atoms with Crippen molar-refractivity contribution in [3.8, 4) is 0 Å². The first-order valence-electron chi connectivity index (χ1n) is 7.75. The molecule has 0 aliphatic rings. The number of nitrogens with one attached hydrogen (secondary N) is 1. The highest BCUT2D eigenvalue weighted by Crippen LogP contribution is 2.27. The zero-order chi connectivity index (χ0) is 15.2. The fraction of sp³-hybridized carbons (Fsp3) is 0.647. The van der Waals surface area contributed by atoms with Gasteiger partial charge in [-0.25, -0.2) is 0 Å². The lowest BCUT2D eigenvalue weighted by atomic mass is 9.80. The molecule has 3 N–H and O–H groups in total. The van der Waals surface area contributed by atoms with Gasteiger partial charge in [-0.3, -0.25) is 11.3 Å². The molecule has 0 heterocycles. The highest BCUT2D eigenvalue weighted by Gasteiger charge is 2.37. The van der Waals surface area contributed by atoms with E-state index in [4.69, 9.17) is 5.84 Å². The molecule has 3 nitrogen and oxygen atoms in total. The second kappa shape index (κ2) is 7.77. The molecule has 1 atom stereocenters. The molecule has 1 aromatic rings. The van der Waals surface area contributed by atoms with Gasteiger partial charge in [0.2, 0.25) is 0 Å². The summed E-state index contributed by atoms with van der Waals surface area (Å²) in [6.07, 6.45) is 4.21. The van der Waals surface area contributed by atoms with Crippen molar-refractivity contribution in [3.63, 3.8) is 0 Å². The van der Waals surface area contributed by atoms with Gasteiger partial charge in [-0.15, -0.1) is 0 Å². The van der Waals surface area contributed by atoms with Gasteiger partial charge in [0.15, 0.2) is 0 Å². The molecule has 0 aromatic heterocycles. The molecule has 0 spiro atoms. The van der Waals surface area contributed by atoms with E-state index in [0.717, 1.165) is 25.7 Å². The quantitative estimate of drug-likeness (QED) is 0.567. The fourth-order valence-electron chi connectivity index (χ4n) is 3.24. The third-order valence-corrected chi connectivity index (χ3v) is 4.84. The average molecular weight is 277 g/mol. The molecule has 1 unspecified atom stereocenters. The van der Waals surface area contributed by atoms with E-state index in [1.807, 2.05) is 0 Å². The van der Waals surface area contributed by atoms with Crippen molar-refractivity contribution < 1.29 is 0 Å². The fourth-order valence-corrected chi connectivity index (χ4v) is 3.24. The number of rotatable bonds is 8. The minimum atomic E-state index is 0.0954. The normalized spacial score (nSPS) is 13.8. The van der Waals surface area contributed by atoms with Gasteiger partial charge in [-0.05, 0) is 50.9 Å². The summed E-state index contributed by atoms with van der Waals surface area (Å²) in [6.45, 7) is 6.67. The maximum Gasteiger partial charge on any atom is 0.0434 e. The van der Waals surface area contributed by atoms with Crippen molar-refractivity contribution in [2.75, 3.05) is 14.1 Å². The number of benzene rings is 1. The smallest absolute Gasteiger partial charge is 0.0434 e. The average Bonchev–Trinajstić information content (AvgIpc) is 2.48. The Bertz CT molecular complexity index is 380. The van der Waals surface area contributed by atoms with Crippen LogP contribution < -0.4 is 11.3 Å². The van der Waals surface area contributed by atoms with Crippen LogP contribution in [0.1, 0.15) is 44.7 Å². The summed E-state index contributed by atoms with van der Waals surface area (Å²) < 4.78 is 0. The van der Waals surface area contributed by atoms with Crippen LogP contribution in [0, 0.1) is 0 Å². The first-order valence-corrected chi connectivity index (χ1v) is 7.75. The Morgan fingerprint density at radius 1 is 1.05 bits per heavy atom. The molecule has 0 radical (unpaired) electrons. The molecular weight excluding hydrogens is 246 g/mol. The lowest BCUT2D eigenvalue weighted by Crippen LogP contribution is -2.61.